The topological polar surface area (TPSA) is 41.1 Å². The number of nitrogens with one attached hydrogen (secondary N) is 2. The fraction of sp³-hybridized carbons (Fsp3) is 0.227. The number of fused-ring (bicyclic) bond motifs is 1. The molecule has 4 heteroatoms. The Morgan fingerprint density at radius 3 is 2.58 bits per heavy atom. The molecule has 1 atom stereocenters. The van der Waals surface area contributed by atoms with Crippen LogP contribution in [0.1, 0.15) is 17.3 Å². The Kier molecular flexibility index (Phi) is 4.43. The van der Waals surface area contributed by atoms with Gasteiger partial charge in [0.15, 0.2) is 0 Å². The molecule has 0 aliphatic carbocycles. The highest BCUT2D eigenvalue weighted by Crippen LogP contribution is 2.29. The van der Waals surface area contributed by atoms with E-state index in [1.165, 1.54) is 12.1 Å². The van der Waals surface area contributed by atoms with E-state index >= 15 is 0 Å². The average Bonchev–Trinajstić information content (AvgIpc) is 2.60. The van der Waals surface area contributed by atoms with Gasteiger partial charge in [-0.2, -0.15) is 0 Å². The Labute approximate surface area is 152 Å². The maximum absolute atomic E-state index is 13.2. The summed E-state index contributed by atoms with van der Waals surface area (Å²) in [6.45, 7) is 3.97. The summed E-state index contributed by atoms with van der Waals surface area (Å²) in [5.41, 5.74) is 2.65. The highest BCUT2D eigenvalue weighted by Gasteiger charge is 2.25. The van der Waals surface area contributed by atoms with Crippen molar-refractivity contribution in [3.8, 4) is 11.1 Å². The van der Waals surface area contributed by atoms with Gasteiger partial charge in [-0.15, -0.1) is 0 Å². The van der Waals surface area contributed by atoms with Crippen LogP contribution in [0.5, 0.6) is 0 Å². The Morgan fingerprint density at radius 1 is 1.12 bits per heavy atom. The molecule has 2 N–H and O–H groups in total. The number of benzene rings is 3. The second-order valence-electron chi connectivity index (χ2n) is 6.93. The van der Waals surface area contributed by atoms with Crippen molar-refractivity contribution in [3.63, 3.8) is 0 Å². The molecule has 26 heavy (non-hydrogen) atoms. The summed E-state index contributed by atoms with van der Waals surface area (Å²) in [7, 11) is 0. The van der Waals surface area contributed by atoms with Crippen LogP contribution in [0.15, 0.2) is 60.7 Å². The van der Waals surface area contributed by atoms with E-state index < -0.39 is 0 Å². The first-order valence-electron chi connectivity index (χ1n) is 8.92. The van der Waals surface area contributed by atoms with Crippen LogP contribution in [0.2, 0.25) is 0 Å². The molecule has 3 nitrogen and oxygen atoms in total. The van der Waals surface area contributed by atoms with Crippen LogP contribution in [0.25, 0.3) is 21.9 Å². The van der Waals surface area contributed by atoms with Gasteiger partial charge >= 0.3 is 0 Å². The minimum atomic E-state index is -0.247. The van der Waals surface area contributed by atoms with Crippen LogP contribution in [-0.2, 0) is 0 Å². The third kappa shape index (κ3) is 3.20. The van der Waals surface area contributed by atoms with Crippen LogP contribution < -0.4 is 10.6 Å². The van der Waals surface area contributed by atoms with Gasteiger partial charge in [-0.05, 0) is 53.1 Å². The summed E-state index contributed by atoms with van der Waals surface area (Å²) in [6, 6.07) is 18.4. The molecule has 0 aromatic heterocycles. The lowest BCUT2D eigenvalue weighted by Crippen LogP contribution is -2.53. The minimum absolute atomic E-state index is 0.0431. The molecule has 1 heterocycles. The number of halogens is 1. The van der Waals surface area contributed by atoms with E-state index in [1.807, 2.05) is 36.4 Å². The zero-order valence-corrected chi connectivity index (χ0v) is 14.6. The highest BCUT2D eigenvalue weighted by molar-refractivity contribution is 6.02. The number of hydrogen-bond acceptors (Lipinski definition) is 2. The molecular formula is C22H21FN2O. The molecule has 1 fully saturated rings. The van der Waals surface area contributed by atoms with Crippen molar-refractivity contribution in [2.45, 2.75) is 13.0 Å². The van der Waals surface area contributed by atoms with Crippen LogP contribution in [-0.4, -0.2) is 25.0 Å². The molecule has 1 unspecified atom stereocenters. The average molecular weight is 348 g/mol. The smallest absolute Gasteiger partial charge is 0.251 e. The maximum atomic E-state index is 13.2. The predicted molar refractivity (Wildman–Crippen MR) is 103 cm³/mol. The van der Waals surface area contributed by atoms with Crippen LogP contribution in [0.4, 0.5) is 4.39 Å². The van der Waals surface area contributed by atoms with Crippen molar-refractivity contribution in [2.75, 3.05) is 13.1 Å². The van der Waals surface area contributed by atoms with Crippen LogP contribution >= 0.6 is 0 Å². The van der Waals surface area contributed by atoms with Crippen LogP contribution in [0, 0.1) is 11.7 Å². The summed E-state index contributed by atoms with van der Waals surface area (Å²) < 4.78 is 13.2. The van der Waals surface area contributed by atoms with E-state index in [4.69, 9.17) is 0 Å². The molecule has 3 aromatic carbocycles. The minimum Gasteiger partial charge on any atom is -0.349 e. The summed E-state index contributed by atoms with van der Waals surface area (Å²) in [5, 5.41) is 8.37. The van der Waals surface area contributed by atoms with Crippen molar-refractivity contribution < 1.29 is 9.18 Å². The predicted octanol–water partition coefficient (Wildman–Crippen LogP) is 3.98. The van der Waals surface area contributed by atoms with E-state index in [0.717, 1.165) is 35.0 Å². The van der Waals surface area contributed by atoms with Crippen LogP contribution in [0.3, 0.4) is 0 Å². The lowest BCUT2D eigenvalue weighted by molar-refractivity contribution is 0.0916. The van der Waals surface area contributed by atoms with E-state index in [-0.39, 0.29) is 17.8 Å². The number of carbonyl (C=O) groups is 1. The number of amides is 1. The lowest BCUT2D eigenvalue weighted by atomic mass is 9.94. The second kappa shape index (κ2) is 6.89. The number of hydrogen-bond donors (Lipinski definition) is 2. The quantitative estimate of drug-likeness (QED) is 0.749. The maximum Gasteiger partial charge on any atom is 0.251 e. The molecule has 3 aromatic rings. The Balaban J connectivity index is 1.63. The Bertz CT molecular complexity index is 948. The molecule has 0 saturated carbocycles. The Hall–Kier alpha value is -2.72. The van der Waals surface area contributed by atoms with Gasteiger partial charge in [-0.25, -0.2) is 4.39 Å². The van der Waals surface area contributed by atoms with E-state index in [2.05, 4.69) is 17.6 Å². The first-order valence-corrected chi connectivity index (χ1v) is 8.92. The first kappa shape index (κ1) is 16.7. The summed E-state index contributed by atoms with van der Waals surface area (Å²) >= 11 is 0. The monoisotopic (exact) mass is 348 g/mol. The van der Waals surface area contributed by atoms with Gasteiger partial charge in [0.1, 0.15) is 5.82 Å². The molecule has 132 valence electrons. The molecule has 1 saturated heterocycles. The van der Waals surface area contributed by atoms with Crippen molar-refractivity contribution >= 4 is 16.7 Å². The normalized spacial score (nSPS) is 15.5. The van der Waals surface area contributed by atoms with Crippen molar-refractivity contribution in [3.05, 3.63) is 72.0 Å². The summed E-state index contributed by atoms with van der Waals surface area (Å²) in [5.74, 6) is 0.215. The molecule has 1 aliphatic rings. The first-order chi connectivity index (χ1) is 12.6. The molecule has 4 rings (SSSR count). The summed E-state index contributed by atoms with van der Waals surface area (Å²) in [6.07, 6.45) is 0. The lowest BCUT2D eigenvalue weighted by Gasteiger charge is -2.33. The van der Waals surface area contributed by atoms with Crippen molar-refractivity contribution in [1.82, 2.24) is 10.6 Å². The second-order valence-corrected chi connectivity index (χ2v) is 6.93. The van der Waals surface area contributed by atoms with Gasteiger partial charge in [0, 0.05) is 30.6 Å². The van der Waals surface area contributed by atoms with Gasteiger partial charge in [-0.3, -0.25) is 4.79 Å². The zero-order chi connectivity index (χ0) is 18.1. The molecular weight excluding hydrogens is 327 g/mol. The zero-order valence-electron chi connectivity index (χ0n) is 14.6. The van der Waals surface area contributed by atoms with E-state index in [1.54, 1.807) is 12.1 Å². The number of rotatable bonds is 4. The molecule has 0 radical (unpaired) electrons. The third-order valence-corrected chi connectivity index (χ3v) is 5.18. The van der Waals surface area contributed by atoms with E-state index in [0.29, 0.717) is 11.5 Å². The van der Waals surface area contributed by atoms with E-state index in [9.17, 15) is 9.18 Å². The van der Waals surface area contributed by atoms with Gasteiger partial charge in [0.05, 0.1) is 0 Å². The summed E-state index contributed by atoms with van der Waals surface area (Å²) in [4.78, 5) is 12.6. The molecule has 0 spiro atoms. The number of carbonyl (C=O) groups excluding carboxylic acids is 1. The van der Waals surface area contributed by atoms with Crippen molar-refractivity contribution in [2.24, 2.45) is 5.92 Å². The highest BCUT2D eigenvalue weighted by atomic mass is 19.1. The van der Waals surface area contributed by atoms with Gasteiger partial charge in [-0.1, -0.05) is 36.4 Å². The molecule has 1 amide bonds. The fourth-order valence-electron chi connectivity index (χ4n) is 3.38. The van der Waals surface area contributed by atoms with Gasteiger partial charge in [0.25, 0.3) is 5.91 Å². The third-order valence-electron chi connectivity index (χ3n) is 5.18. The van der Waals surface area contributed by atoms with Gasteiger partial charge in [0.2, 0.25) is 0 Å². The largest absolute Gasteiger partial charge is 0.349 e. The molecule has 0 bridgehead atoms. The fourth-order valence-corrected chi connectivity index (χ4v) is 3.38. The Morgan fingerprint density at radius 2 is 1.88 bits per heavy atom. The standard InChI is InChI=1S/C22H21FN2O/c1-14(18-12-24-13-18)25-22(26)17-7-10-21-16(11-17)3-2-4-20(21)15-5-8-19(23)9-6-15/h2-11,14,18,24H,12-13H2,1H3,(H,25,26). The molecule has 1 aliphatic heterocycles. The van der Waals surface area contributed by atoms with Gasteiger partial charge < -0.3 is 10.6 Å². The SMILES string of the molecule is CC(NC(=O)c1ccc2c(-c3ccc(F)cc3)cccc2c1)C1CNC1. The van der Waals surface area contributed by atoms with Crippen molar-refractivity contribution in [1.29, 1.82) is 0 Å².